The van der Waals surface area contributed by atoms with Gasteiger partial charge in [0.2, 0.25) is 0 Å². The Bertz CT molecular complexity index is 713. The van der Waals surface area contributed by atoms with Crippen molar-refractivity contribution in [2.75, 3.05) is 13.7 Å². The molecule has 0 heterocycles. The van der Waals surface area contributed by atoms with Gasteiger partial charge in [-0.1, -0.05) is 54.6 Å². The maximum absolute atomic E-state index is 13.1. The minimum absolute atomic E-state index is 0.312. The second kappa shape index (κ2) is 11.3. The number of halogens is 1. The fourth-order valence-electron chi connectivity index (χ4n) is 2.75. The molecule has 0 radical (unpaired) electrons. The van der Waals surface area contributed by atoms with Crippen LogP contribution in [-0.4, -0.2) is 24.8 Å². The van der Waals surface area contributed by atoms with Crippen LogP contribution in [0.3, 0.4) is 0 Å². The van der Waals surface area contributed by atoms with E-state index < -0.39 is 18.0 Å². The van der Waals surface area contributed by atoms with E-state index in [1.165, 1.54) is 19.2 Å². The van der Waals surface area contributed by atoms with Crippen LogP contribution in [-0.2, 0) is 20.9 Å². The largest absolute Gasteiger partial charge is 0.481 e. The van der Waals surface area contributed by atoms with E-state index in [-0.39, 0.29) is 5.82 Å². The van der Waals surface area contributed by atoms with E-state index in [1.54, 1.807) is 12.1 Å². The zero-order chi connectivity index (χ0) is 19.5. The Kier molecular flexibility index (Phi) is 8.68. The summed E-state index contributed by atoms with van der Waals surface area (Å²) < 4.78 is 24.0. The molecule has 5 heteroatoms. The average molecular weight is 372 g/mol. The fraction of sp³-hybridized carbons (Fsp3) is 0.318. The molecule has 0 unspecified atom stereocenters. The second-order valence-corrected chi connectivity index (χ2v) is 6.25. The van der Waals surface area contributed by atoms with Crippen LogP contribution < -0.4 is 0 Å². The smallest absolute Gasteiger partial charge is 0.306 e. The highest BCUT2D eigenvalue weighted by molar-refractivity contribution is 5.70. The van der Waals surface area contributed by atoms with Crippen LogP contribution in [0.4, 0.5) is 4.39 Å². The Morgan fingerprint density at radius 3 is 2.44 bits per heavy atom. The molecule has 0 spiro atoms. The van der Waals surface area contributed by atoms with E-state index in [4.69, 9.17) is 9.47 Å². The summed E-state index contributed by atoms with van der Waals surface area (Å²) in [6.07, 6.45) is 3.95. The Labute approximate surface area is 159 Å². The third kappa shape index (κ3) is 7.33. The van der Waals surface area contributed by atoms with Gasteiger partial charge in [0.1, 0.15) is 5.82 Å². The molecule has 4 nitrogen and oxygen atoms in total. The number of rotatable bonds is 11. The number of hydrogen-bond acceptors (Lipinski definition) is 3. The van der Waals surface area contributed by atoms with Crippen molar-refractivity contribution in [1.29, 1.82) is 0 Å². The number of ether oxygens (including phenoxy) is 2. The Balaban J connectivity index is 1.81. The first-order valence-electron chi connectivity index (χ1n) is 8.88. The first-order chi connectivity index (χ1) is 13.1. The Morgan fingerprint density at radius 2 is 1.81 bits per heavy atom. The van der Waals surface area contributed by atoms with Crippen molar-refractivity contribution in [3.05, 3.63) is 83.7 Å². The van der Waals surface area contributed by atoms with Gasteiger partial charge in [0.05, 0.1) is 25.2 Å². The second-order valence-electron chi connectivity index (χ2n) is 6.25. The number of hydrogen-bond donors (Lipinski definition) is 1. The summed E-state index contributed by atoms with van der Waals surface area (Å²) >= 11 is 0. The molecule has 2 atom stereocenters. The molecule has 0 fully saturated rings. The van der Waals surface area contributed by atoms with Crippen molar-refractivity contribution in [3.63, 3.8) is 0 Å². The summed E-state index contributed by atoms with van der Waals surface area (Å²) in [7, 11) is 1.53. The van der Waals surface area contributed by atoms with Gasteiger partial charge in [0.25, 0.3) is 0 Å². The van der Waals surface area contributed by atoms with Gasteiger partial charge in [-0.15, -0.1) is 0 Å². The summed E-state index contributed by atoms with van der Waals surface area (Å²) in [4.78, 5) is 11.6. The molecule has 0 aliphatic carbocycles. The van der Waals surface area contributed by atoms with E-state index in [2.05, 4.69) is 0 Å². The molecule has 2 aromatic rings. The summed E-state index contributed by atoms with van der Waals surface area (Å²) in [6, 6.07) is 15.8. The van der Waals surface area contributed by atoms with Crippen LogP contribution in [0.1, 0.15) is 30.1 Å². The van der Waals surface area contributed by atoms with Gasteiger partial charge in [-0.3, -0.25) is 4.79 Å². The van der Waals surface area contributed by atoms with E-state index in [0.29, 0.717) is 26.1 Å². The van der Waals surface area contributed by atoms with Crippen molar-refractivity contribution < 1.29 is 23.8 Å². The number of allylic oxidation sites excluding steroid dienone is 1. The van der Waals surface area contributed by atoms with Crippen LogP contribution in [0, 0.1) is 11.7 Å². The lowest BCUT2D eigenvalue weighted by molar-refractivity contribution is -0.143. The normalized spacial score (nSPS) is 13.6. The van der Waals surface area contributed by atoms with Crippen molar-refractivity contribution >= 4 is 5.97 Å². The van der Waals surface area contributed by atoms with Gasteiger partial charge in [-0.05, 0) is 36.1 Å². The number of carbonyl (C=O) groups is 1. The van der Waals surface area contributed by atoms with Crippen LogP contribution in [0.2, 0.25) is 0 Å². The van der Waals surface area contributed by atoms with E-state index in [9.17, 15) is 14.3 Å². The summed E-state index contributed by atoms with van der Waals surface area (Å²) in [5.41, 5.74) is 1.86. The number of carboxylic acid groups (broad SMARTS) is 1. The van der Waals surface area contributed by atoms with E-state index >= 15 is 0 Å². The molecule has 0 saturated carbocycles. The fourth-order valence-corrected chi connectivity index (χ4v) is 2.75. The Hall–Kier alpha value is -2.50. The van der Waals surface area contributed by atoms with Crippen molar-refractivity contribution in [2.24, 2.45) is 5.92 Å². The van der Waals surface area contributed by atoms with Crippen LogP contribution >= 0.6 is 0 Å². The van der Waals surface area contributed by atoms with E-state index in [1.807, 2.05) is 42.5 Å². The average Bonchev–Trinajstić information content (AvgIpc) is 2.68. The van der Waals surface area contributed by atoms with Crippen LogP contribution in [0.5, 0.6) is 0 Å². The maximum Gasteiger partial charge on any atom is 0.306 e. The highest BCUT2D eigenvalue weighted by atomic mass is 19.1. The zero-order valence-corrected chi connectivity index (χ0v) is 15.4. The SMILES string of the molecule is CO[C@H](C[C@H](C/C=C/COCc1ccccc1)C(=O)O)c1ccc(F)cc1. The monoisotopic (exact) mass is 372 g/mol. The first-order valence-corrected chi connectivity index (χ1v) is 8.88. The number of methoxy groups -OCH3 is 1. The molecule has 0 saturated heterocycles. The Morgan fingerprint density at radius 1 is 1.11 bits per heavy atom. The number of benzene rings is 2. The van der Waals surface area contributed by atoms with Crippen LogP contribution in [0.25, 0.3) is 0 Å². The number of carboxylic acids is 1. The number of aliphatic carboxylic acids is 1. The molecule has 1 N–H and O–H groups in total. The summed E-state index contributed by atoms with van der Waals surface area (Å²) in [5, 5.41) is 9.48. The molecule has 0 aliphatic rings. The first kappa shape index (κ1) is 20.8. The van der Waals surface area contributed by atoms with Crippen molar-refractivity contribution in [3.8, 4) is 0 Å². The minimum Gasteiger partial charge on any atom is -0.481 e. The zero-order valence-electron chi connectivity index (χ0n) is 15.4. The molecule has 144 valence electrons. The maximum atomic E-state index is 13.1. The molecular weight excluding hydrogens is 347 g/mol. The highest BCUT2D eigenvalue weighted by Gasteiger charge is 2.22. The van der Waals surface area contributed by atoms with Crippen molar-refractivity contribution in [2.45, 2.75) is 25.6 Å². The van der Waals surface area contributed by atoms with Gasteiger partial charge in [-0.25, -0.2) is 4.39 Å². The molecular formula is C22H25FO4. The lowest BCUT2D eigenvalue weighted by Crippen LogP contribution is -2.17. The molecule has 2 rings (SSSR count). The predicted molar refractivity (Wildman–Crippen MR) is 102 cm³/mol. The van der Waals surface area contributed by atoms with Gasteiger partial charge in [0.15, 0.2) is 0 Å². The standard InChI is InChI=1S/C22H25FO4/c1-26-21(18-10-12-20(23)13-11-18)15-19(22(24)25)9-5-6-14-27-16-17-7-3-2-4-8-17/h2-8,10-13,19,21H,9,14-16H2,1H3,(H,24,25)/b6-5+/t19-,21+/m0/s1. The van der Waals surface area contributed by atoms with Crippen LogP contribution in [0.15, 0.2) is 66.7 Å². The molecule has 2 aromatic carbocycles. The lowest BCUT2D eigenvalue weighted by Gasteiger charge is -2.19. The molecule has 0 aliphatic heterocycles. The van der Waals surface area contributed by atoms with Gasteiger partial charge in [-0.2, -0.15) is 0 Å². The minimum atomic E-state index is -0.881. The molecule has 0 aromatic heterocycles. The predicted octanol–water partition coefficient (Wildman–Crippen LogP) is 4.77. The quantitative estimate of drug-likeness (QED) is 0.456. The van der Waals surface area contributed by atoms with E-state index in [0.717, 1.165) is 11.1 Å². The highest BCUT2D eigenvalue weighted by Crippen LogP contribution is 2.27. The third-order valence-electron chi connectivity index (χ3n) is 4.29. The van der Waals surface area contributed by atoms with Crippen molar-refractivity contribution in [1.82, 2.24) is 0 Å². The lowest BCUT2D eigenvalue weighted by atomic mass is 9.94. The van der Waals surface area contributed by atoms with Gasteiger partial charge < -0.3 is 14.6 Å². The summed E-state index contributed by atoms with van der Waals surface area (Å²) in [5.74, 6) is -1.80. The molecule has 0 bridgehead atoms. The topological polar surface area (TPSA) is 55.8 Å². The molecule has 0 amide bonds. The third-order valence-corrected chi connectivity index (χ3v) is 4.29. The van der Waals surface area contributed by atoms with Gasteiger partial charge >= 0.3 is 5.97 Å². The van der Waals surface area contributed by atoms with Gasteiger partial charge in [0, 0.05) is 7.11 Å². The molecule has 27 heavy (non-hydrogen) atoms. The summed E-state index contributed by atoms with van der Waals surface area (Å²) in [6.45, 7) is 0.941.